The van der Waals surface area contributed by atoms with E-state index in [0.717, 1.165) is 5.56 Å². The van der Waals surface area contributed by atoms with Gasteiger partial charge in [-0.2, -0.15) is 0 Å². The summed E-state index contributed by atoms with van der Waals surface area (Å²) < 4.78 is 10.5. The van der Waals surface area contributed by atoms with Gasteiger partial charge in [0, 0.05) is 11.9 Å². The number of benzene rings is 2. The Morgan fingerprint density at radius 3 is 2.47 bits per heavy atom. The van der Waals surface area contributed by atoms with Crippen molar-refractivity contribution in [2.75, 3.05) is 6.54 Å². The standard InChI is InChI=1S/C22H22N2O6/c23-22(20(26)27,19(25)18-13-16-9-4-5-10-17(16)30-18)11-6-12-24-21(28)29-14-15-7-2-1-3-8-15/h1-5,7-10,13H,6,11-12,14,23H2,(H,24,28)(H,26,27)/t22-/m0/s1. The van der Waals surface area contributed by atoms with Gasteiger partial charge < -0.3 is 25.3 Å². The van der Waals surface area contributed by atoms with Crippen LogP contribution in [-0.4, -0.2) is 35.0 Å². The minimum absolute atomic E-state index is 0.104. The fourth-order valence-corrected chi connectivity index (χ4v) is 2.96. The Kier molecular flexibility index (Phi) is 6.48. The number of para-hydroxylation sites is 1. The van der Waals surface area contributed by atoms with Crippen LogP contribution in [0.4, 0.5) is 4.79 Å². The molecule has 8 nitrogen and oxygen atoms in total. The molecule has 0 aliphatic carbocycles. The molecule has 1 heterocycles. The van der Waals surface area contributed by atoms with Crippen molar-refractivity contribution in [2.45, 2.75) is 25.0 Å². The first kappa shape index (κ1) is 21.1. The predicted molar refractivity (Wildman–Crippen MR) is 109 cm³/mol. The number of carboxylic acids is 1. The first-order valence-electron chi connectivity index (χ1n) is 9.40. The van der Waals surface area contributed by atoms with E-state index in [1.54, 1.807) is 24.3 Å². The quantitative estimate of drug-likeness (QED) is 0.280. The molecule has 0 spiro atoms. The third-order valence-corrected chi connectivity index (χ3v) is 4.67. The topological polar surface area (TPSA) is 132 Å². The second kappa shape index (κ2) is 9.23. The zero-order chi connectivity index (χ0) is 21.6. The lowest BCUT2D eigenvalue weighted by atomic mass is 9.88. The van der Waals surface area contributed by atoms with Gasteiger partial charge in [-0.3, -0.25) is 4.79 Å². The molecule has 3 rings (SSSR count). The minimum atomic E-state index is -2.16. The maximum atomic E-state index is 12.8. The molecule has 3 aromatic rings. The molecule has 30 heavy (non-hydrogen) atoms. The maximum Gasteiger partial charge on any atom is 0.407 e. The Balaban J connectivity index is 1.53. The molecule has 1 amide bonds. The number of amides is 1. The Morgan fingerprint density at radius 2 is 1.77 bits per heavy atom. The van der Waals surface area contributed by atoms with Gasteiger partial charge in [-0.05, 0) is 30.5 Å². The second-order valence-corrected chi connectivity index (χ2v) is 6.85. The van der Waals surface area contributed by atoms with E-state index in [0.29, 0.717) is 11.0 Å². The number of furan rings is 1. The van der Waals surface area contributed by atoms with E-state index < -0.39 is 23.4 Å². The highest BCUT2D eigenvalue weighted by atomic mass is 16.5. The molecule has 0 bridgehead atoms. The van der Waals surface area contributed by atoms with Gasteiger partial charge >= 0.3 is 12.1 Å². The maximum absolute atomic E-state index is 12.8. The van der Waals surface area contributed by atoms with Crippen molar-refractivity contribution in [1.29, 1.82) is 0 Å². The molecule has 1 atom stereocenters. The summed E-state index contributed by atoms with van der Waals surface area (Å²) in [6.07, 6.45) is -0.660. The predicted octanol–water partition coefficient (Wildman–Crippen LogP) is 3.10. The Hall–Kier alpha value is -3.65. The lowest BCUT2D eigenvalue weighted by Gasteiger charge is -2.22. The SMILES string of the molecule is N[C@](CCCNC(=O)OCc1ccccc1)(C(=O)O)C(=O)c1cc2ccccc2o1. The monoisotopic (exact) mass is 410 g/mol. The van der Waals surface area contributed by atoms with Gasteiger partial charge in [0.05, 0.1) is 0 Å². The van der Waals surface area contributed by atoms with Crippen LogP contribution in [0.2, 0.25) is 0 Å². The summed E-state index contributed by atoms with van der Waals surface area (Å²) in [6, 6.07) is 17.6. The highest BCUT2D eigenvalue weighted by Gasteiger charge is 2.43. The third-order valence-electron chi connectivity index (χ3n) is 4.67. The number of carboxylic acid groups (broad SMARTS) is 1. The molecule has 1 aromatic heterocycles. The fraction of sp³-hybridized carbons (Fsp3) is 0.227. The Bertz CT molecular complexity index is 1010. The highest BCUT2D eigenvalue weighted by Crippen LogP contribution is 2.24. The molecule has 0 saturated heterocycles. The number of aliphatic carboxylic acids is 1. The molecular formula is C22H22N2O6. The summed E-state index contributed by atoms with van der Waals surface area (Å²) in [5, 5.41) is 12.8. The van der Waals surface area contributed by atoms with E-state index in [1.165, 1.54) is 6.07 Å². The van der Waals surface area contributed by atoms with Gasteiger partial charge in [0.1, 0.15) is 12.2 Å². The molecule has 0 unspecified atom stereocenters. The number of fused-ring (bicyclic) bond motifs is 1. The summed E-state index contributed by atoms with van der Waals surface area (Å²) in [7, 11) is 0. The van der Waals surface area contributed by atoms with Crippen molar-refractivity contribution in [3.63, 3.8) is 0 Å². The number of ketones is 1. The number of alkyl carbamates (subject to hydrolysis) is 1. The Labute approximate surface area is 172 Å². The van der Waals surface area contributed by atoms with E-state index in [2.05, 4.69) is 5.32 Å². The third kappa shape index (κ3) is 4.84. The smallest absolute Gasteiger partial charge is 0.407 e. The summed E-state index contributed by atoms with van der Waals surface area (Å²) in [5.41, 5.74) is 5.09. The molecule has 0 fully saturated rings. The van der Waals surface area contributed by atoms with Crippen LogP contribution in [0.15, 0.2) is 65.1 Å². The molecular weight excluding hydrogens is 388 g/mol. The van der Waals surface area contributed by atoms with E-state index in [9.17, 15) is 19.5 Å². The number of Topliss-reactive ketones (excluding diaryl/α,β-unsaturated/α-hetero) is 1. The van der Waals surface area contributed by atoms with Crippen LogP contribution in [-0.2, 0) is 16.1 Å². The van der Waals surface area contributed by atoms with Gasteiger partial charge in [-0.25, -0.2) is 9.59 Å². The molecule has 8 heteroatoms. The summed E-state index contributed by atoms with van der Waals surface area (Å²) in [4.78, 5) is 36.3. The van der Waals surface area contributed by atoms with Crippen LogP contribution in [0.25, 0.3) is 11.0 Å². The van der Waals surface area contributed by atoms with Crippen LogP contribution < -0.4 is 11.1 Å². The van der Waals surface area contributed by atoms with Crippen molar-refractivity contribution in [1.82, 2.24) is 5.32 Å². The zero-order valence-corrected chi connectivity index (χ0v) is 16.2. The molecule has 0 aliphatic heterocycles. The minimum Gasteiger partial charge on any atom is -0.480 e. The van der Waals surface area contributed by atoms with E-state index in [1.807, 2.05) is 30.3 Å². The number of hydrogen-bond donors (Lipinski definition) is 3. The molecule has 0 saturated carbocycles. The molecule has 0 radical (unpaired) electrons. The van der Waals surface area contributed by atoms with Crippen LogP contribution >= 0.6 is 0 Å². The number of nitrogens with two attached hydrogens (primary N) is 1. The van der Waals surface area contributed by atoms with E-state index in [4.69, 9.17) is 14.9 Å². The number of nitrogens with one attached hydrogen (secondary N) is 1. The molecule has 4 N–H and O–H groups in total. The summed E-state index contributed by atoms with van der Waals surface area (Å²) in [6.45, 7) is 0.223. The van der Waals surface area contributed by atoms with E-state index in [-0.39, 0.29) is 31.8 Å². The average Bonchev–Trinajstić information content (AvgIpc) is 3.19. The summed E-state index contributed by atoms with van der Waals surface area (Å²) in [5.74, 6) is -2.39. The largest absolute Gasteiger partial charge is 0.480 e. The van der Waals surface area contributed by atoms with Gasteiger partial charge in [-0.15, -0.1) is 0 Å². The Morgan fingerprint density at radius 1 is 1.07 bits per heavy atom. The van der Waals surface area contributed by atoms with Crippen LogP contribution in [0.1, 0.15) is 29.0 Å². The number of carbonyl (C=O) groups is 3. The first-order chi connectivity index (χ1) is 14.4. The number of ether oxygens (including phenoxy) is 1. The van der Waals surface area contributed by atoms with Crippen molar-refractivity contribution in [3.05, 3.63) is 72.0 Å². The number of rotatable bonds is 9. The van der Waals surface area contributed by atoms with Crippen LogP contribution in [0, 0.1) is 0 Å². The van der Waals surface area contributed by atoms with Gasteiger partial charge in [-0.1, -0.05) is 48.5 Å². The average molecular weight is 410 g/mol. The number of carbonyl (C=O) groups excluding carboxylic acids is 2. The lowest BCUT2D eigenvalue weighted by Crippen LogP contribution is -2.55. The second-order valence-electron chi connectivity index (χ2n) is 6.85. The first-order valence-corrected chi connectivity index (χ1v) is 9.40. The van der Waals surface area contributed by atoms with Crippen LogP contribution in [0.5, 0.6) is 0 Å². The molecule has 156 valence electrons. The van der Waals surface area contributed by atoms with Crippen molar-refractivity contribution in [3.8, 4) is 0 Å². The fourth-order valence-electron chi connectivity index (χ4n) is 2.96. The van der Waals surface area contributed by atoms with Gasteiger partial charge in [0.25, 0.3) is 0 Å². The lowest BCUT2D eigenvalue weighted by molar-refractivity contribution is -0.141. The highest BCUT2D eigenvalue weighted by molar-refractivity contribution is 6.15. The molecule has 2 aromatic carbocycles. The number of hydrogen-bond acceptors (Lipinski definition) is 6. The van der Waals surface area contributed by atoms with Crippen molar-refractivity contribution >= 4 is 28.8 Å². The van der Waals surface area contributed by atoms with E-state index >= 15 is 0 Å². The van der Waals surface area contributed by atoms with Crippen molar-refractivity contribution in [2.24, 2.45) is 5.73 Å². The van der Waals surface area contributed by atoms with Gasteiger partial charge in [0.15, 0.2) is 11.3 Å². The molecule has 0 aliphatic rings. The normalized spacial score (nSPS) is 12.8. The summed E-state index contributed by atoms with van der Waals surface area (Å²) >= 11 is 0. The van der Waals surface area contributed by atoms with Crippen molar-refractivity contribution < 1.29 is 28.6 Å². The van der Waals surface area contributed by atoms with Crippen LogP contribution in [0.3, 0.4) is 0 Å². The van der Waals surface area contributed by atoms with Gasteiger partial charge in [0.2, 0.25) is 5.78 Å². The zero-order valence-electron chi connectivity index (χ0n) is 16.2.